The first-order valence-electron chi connectivity index (χ1n) is 5.85. The van der Waals surface area contributed by atoms with Crippen LogP contribution in [0, 0.1) is 11.8 Å². The Morgan fingerprint density at radius 3 is 2.47 bits per heavy atom. The quantitative estimate of drug-likeness (QED) is 0.703. The van der Waals surface area contributed by atoms with Crippen molar-refractivity contribution in [2.75, 3.05) is 6.61 Å². The van der Waals surface area contributed by atoms with E-state index < -0.39 is 0 Å². The van der Waals surface area contributed by atoms with Gasteiger partial charge >= 0.3 is 6.09 Å². The van der Waals surface area contributed by atoms with Crippen molar-refractivity contribution in [2.45, 2.75) is 44.4 Å². The molecule has 1 saturated carbocycles. The van der Waals surface area contributed by atoms with Crippen LogP contribution < -0.4 is 0 Å². The van der Waals surface area contributed by atoms with Crippen molar-refractivity contribution >= 4 is 6.09 Å². The molecule has 2 saturated heterocycles. The molecule has 2 heterocycles. The predicted octanol–water partition coefficient (Wildman–Crippen LogP) is 0.987. The Hall–Kier alpha value is -0.770. The lowest BCUT2D eigenvalue weighted by atomic mass is 9.96. The standard InChI is InChI=1S/C11H17NO3/c1-2-15-11(14)12-9-3-6(13)4-10(12)8-5-7(8)9/h6-10,13H,2-5H2,1H3/t6?,7-,8+,9?,10?. The number of carbonyl (C=O) groups excluding carboxylic acids is 1. The van der Waals surface area contributed by atoms with Gasteiger partial charge in [0, 0.05) is 12.1 Å². The number of hydrogen-bond donors (Lipinski definition) is 1. The van der Waals surface area contributed by atoms with E-state index in [0.717, 1.165) is 12.8 Å². The van der Waals surface area contributed by atoms with E-state index >= 15 is 0 Å². The second-order valence-electron chi connectivity index (χ2n) is 4.93. The number of aliphatic hydroxyl groups is 1. The second-order valence-corrected chi connectivity index (χ2v) is 4.93. The zero-order chi connectivity index (χ0) is 10.6. The molecule has 4 nitrogen and oxygen atoms in total. The van der Waals surface area contributed by atoms with E-state index in [2.05, 4.69) is 0 Å². The molecule has 15 heavy (non-hydrogen) atoms. The number of rotatable bonds is 1. The maximum atomic E-state index is 11.8. The van der Waals surface area contributed by atoms with Gasteiger partial charge in [0.05, 0.1) is 12.7 Å². The van der Waals surface area contributed by atoms with Crippen LogP contribution >= 0.6 is 0 Å². The van der Waals surface area contributed by atoms with E-state index in [1.807, 2.05) is 11.8 Å². The Kier molecular flexibility index (Phi) is 1.96. The van der Waals surface area contributed by atoms with Crippen molar-refractivity contribution in [1.29, 1.82) is 0 Å². The Bertz CT molecular complexity index is 276. The fourth-order valence-corrected chi connectivity index (χ4v) is 3.48. The van der Waals surface area contributed by atoms with Gasteiger partial charge in [0.25, 0.3) is 0 Å². The average Bonchev–Trinajstić information content (AvgIpc) is 2.91. The molecule has 3 aliphatic rings. The number of hydrogen-bond acceptors (Lipinski definition) is 3. The Morgan fingerprint density at radius 2 is 1.93 bits per heavy atom. The summed E-state index contributed by atoms with van der Waals surface area (Å²) in [6.45, 7) is 2.27. The lowest BCUT2D eigenvalue weighted by Crippen LogP contribution is -2.50. The number of carbonyl (C=O) groups is 1. The summed E-state index contributed by atoms with van der Waals surface area (Å²) in [7, 11) is 0. The summed E-state index contributed by atoms with van der Waals surface area (Å²) in [6.07, 6.45) is 2.36. The van der Waals surface area contributed by atoms with Crippen molar-refractivity contribution < 1.29 is 14.6 Å². The van der Waals surface area contributed by atoms with Crippen molar-refractivity contribution in [1.82, 2.24) is 4.90 Å². The van der Waals surface area contributed by atoms with Gasteiger partial charge in [-0.25, -0.2) is 4.79 Å². The van der Waals surface area contributed by atoms with Gasteiger partial charge in [-0.05, 0) is 38.0 Å². The molecule has 0 aromatic heterocycles. The van der Waals surface area contributed by atoms with Crippen molar-refractivity contribution in [2.24, 2.45) is 11.8 Å². The van der Waals surface area contributed by atoms with E-state index in [4.69, 9.17) is 4.74 Å². The predicted molar refractivity (Wildman–Crippen MR) is 53.3 cm³/mol. The summed E-state index contributed by atoms with van der Waals surface area (Å²) >= 11 is 0. The van der Waals surface area contributed by atoms with Crippen LogP contribution in [0.2, 0.25) is 0 Å². The Morgan fingerprint density at radius 1 is 1.33 bits per heavy atom. The van der Waals surface area contributed by atoms with E-state index in [1.54, 1.807) is 0 Å². The van der Waals surface area contributed by atoms with Crippen LogP contribution in [0.15, 0.2) is 0 Å². The summed E-state index contributed by atoms with van der Waals surface area (Å²) in [4.78, 5) is 13.7. The Balaban J connectivity index is 1.78. The highest BCUT2D eigenvalue weighted by Crippen LogP contribution is 2.58. The molecule has 2 bridgehead atoms. The molecule has 5 atom stereocenters. The first kappa shape index (κ1) is 9.46. The van der Waals surface area contributed by atoms with Gasteiger partial charge in [-0.1, -0.05) is 0 Å². The highest BCUT2D eigenvalue weighted by atomic mass is 16.6. The molecule has 0 aromatic rings. The molecule has 4 heteroatoms. The minimum absolute atomic E-state index is 0.174. The summed E-state index contributed by atoms with van der Waals surface area (Å²) in [5.74, 6) is 1.30. The van der Waals surface area contributed by atoms with E-state index in [-0.39, 0.29) is 24.3 Å². The van der Waals surface area contributed by atoms with Gasteiger partial charge in [-0.2, -0.15) is 0 Å². The van der Waals surface area contributed by atoms with E-state index in [1.165, 1.54) is 6.42 Å². The highest BCUT2D eigenvalue weighted by Gasteiger charge is 2.63. The molecular formula is C11H17NO3. The van der Waals surface area contributed by atoms with Gasteiger partial charge in [0.1, 0.15) is 0 Å². The SMILES string of the molecule is CCOC(=O)N1C2CC(O)CC1[C@@H]1C[C@H]21. The lowest BCUT2D eigenvalue weighted by Gasteiger charge is -2.38. The van der Waals surface area contributed by atoms with Crippen LogP contribution in [0.3, 0.4) is 0 Å². The summed E-state index contributed by atoms with van der Waals surface area (Å²) in [5.41, 5.74) is 0. The fourth-order valence-electron chi connectivity index (χ4n) is 3.48. The van der Waals surface area contributed by atoms with E-state index in [0.29, 0.717) is 18.4 Å². The molecule has 0 radical (unpaired) electrons. The molecule has 3 unspecified atom stereocenters. The maximum absolute atomic E-state index is 11.8. The molecule has 84 valence electrons. The van der Waals surface area contributed by atoms with Gasteiger partial charge < -0.3 is 14.7 Å². The van der Waals surface area contributed by atoms with Crippen LogP contribution in [0.1, 0.15) is 26.2 Å². The van der Waals surface area contributed by atoms with Crippen LogP contribution in [0.25, 0.3) is 0 Å². The molecule has 2 aliphatic heterocycles. The monoisotopic (exact) mass is 211 g/mol. The summed E-state index contributed by atoms with van der Waals surface area (Å²) in [6, 6.07) is 0.505. The van der Waals surface area contributed by atoms with Crippen LogP contribution in [0.5, 0.6) is 0 Å². The molecule has 1 aliphatic carbocycles. The summed E-state index contributed by atoms with van der Waals surface area (Å²) < 4.78 is 5.07. The fraction of sp³-hybridized carbons (Fsp3) is 0.909. The smallest absolute Gasteiger partial charge is 0.410 e. The third-order valence-corrected chi connectivity index (χ3v) is 4.10. The van der Waals surface area contributed by atoms with Gasteiger partial charge in [-0.15, -0.1) is 0 Å². The van der Waals surface area contributed by atoms with Gasteiger partial charge in [0.15, 0.2) is 0 Å². The van der Waals surface area contributed by atoms with Gasteiger partial charge in [0.2, 0.25) is 0 Å². The number of amides is 1. The first-order valence-corrected chi connectivity index (χ1v) is 5.85. The van der Waals surface area contributed by atoms with Crippen molar-refractivity contribution in [3.63, 3.8) is 0 Å². The third-order valence-electron chi connectivity index (χ3n) is 4.10. The molecule has 1 amide bonds. The zero-order valence-electron chi connectivity index (χ0n) is 8.93. The highest BCUT2D eigenvalue weighted by molar-refractivity contribution is 5.70. The van der Waals surface area contributed by atoms with Crippen molar-refractivity contribution in [3.05, 3.63) is 0 Å². The zero-order valence-corrected chi connectivity index (χ0v) is 8.93. The second kappa shape index (κ2) is 3.11. The van der Waals surface area contributed by atoms with E-state index in [9.17, 15) is 9.90 Å². The Labute approximate surface area is 89.2 Å². The normalized spacial score (nSPS) is 46.3. The summed E-state index contributed by atoms with van der Waals surface area (Å²) in [5, 5.41) is 9.68. The largest absolute Gasteiger partial charge is 0.450 e. The van der Waals surface area contributed by atoms with Crippen molar-refractivity contribution in [3.8, 4) is 0 Å². The number of fused-ring (bicyclic) bond motifs is 5. The molecule has 0 aromatic carbocycles. The minimum atomic E-state index is -0.210. The lowest BCUT2D eigenvalue weighted by molar-refractivity contribution is 0.0121. The number of ether oxygens (including phenoxy) is 1. The topological polar surface area (TPSA) is 49.8 Å². The first-order chi connectivity index (χ1) is 7.22. The average molecular weight is 211 g/mol. The van der Waals surface area contributed by atoms with Crippen LogP contribution in [-0.4, -0.2) is 40.9 Å². The molecular weight excluding hydrogens is 194 g/mol. The minimum Gasteiger partial charge on any atom is -0.450 e. The molecule has 1 N–H and O–H groups in total. The third kappa shape index (κ3) is 1.27. The van der Waals surface area contributed by atoms with Crippen LogP contribution in [0.4, 0.5) is 4.79 Å². The number of piperidine rings is 2. The maximum Gasteiger partial charge on any atom is 0.410 e. The number of aliphatic hydroxyl groups excluding tert-OH is 1. The molecule has 3 rings (SSSR count). The molecule has 3 fully saturated rings. The molecule has 0 spiro atoms. The van der Waals surface area contributed by atoms with Gasteiger partial charge in [-0.3, -0.25) is 0 Å². The van der Waals surface area contributed by atoms with Crippen LogP contribution in [-0.2, 0) is 4.74 Å². The number of nitrogens with zero attached hydrogens (tertiary/aromatic N) is 1.